The molecule has 0 atom stereocenters. The maximum atomic E-state index is 13.1. The van der Waals surface area contributed by atoms with E-state index >= 15 is 0 Å². The maximum Gasteiger partial charge on any atom is 0.227 e. The smallest absolute Gasteiger partial charge is 0.227 e. The molecule has 5 nitrogen and oxygen atoms in total. The molecular weight excluding hydrogens is 357 g/mol. The van der Waals surface area contributed by atoms with Gasteiger partial charge in [-0.15, -0.1) is 0 Å². The van der Waals surface area contributed by atoms with E-state index in [1.165, 1.54) is 19.1 Å². The topological polar surface area (TPSA) is 52.7 Å². The molecule has 28 heavy (non-hydrogen) atoms. The molecule has 0 spiro atoms. The van der Waals surface area contributed by atoms with Gasteiger partial charge >= 0.3 is 0 Å². The number of nitrogens with one attached hydrogen (secondary N) is 1. The summed E-state index contributed by atoms with van der Waals surface area (Å²) in [5, 5.41) is 2.72. The van der Waals surface area contributed by atoms with Crippen LogP contribution in [0.3, 0.4) is 0 Å². The summed E-state index contributed by atoms with van der Waals surface area (Å²) in [4.78, 5) is 28.0. The molecular formula is C22H26FN3O2. The van der Waals surface area contributed by atoms with Crippen LogP contribution >= 0.6 is 0 Å². The van der Waals surface area contributed by atoms with Crippen molar-refractivity contribution in [2.75, 3.05) is 31.5 Å². The molecule has 1 aliphatic rings. The Bertz CT molecular complexity index is 806. The van der Waals surface area contributed by atoms with Crippen molar-refractivity contribution >= 4 is 17.5 Å². The minimum Gasteiger partial charge on any atom is -0.341 e. The predicted octanol–water partition coefficient (Wildman–Crippen LogP) is 3.06. The number of amides is 2. The van der Waals surface area contributed by atoms with Gasteiger partial charge in [-0.3, -0.25) is 14.5 Å². The van der Waals surface area contributed by atoms with E-state index in [4.69, 9.17) is 0 Å². The van der Waals surface area contributed by atoms with Gasteiger partial charge in [0.25, 0.3) is 0 Å². The number of benzene rings is 2. The zero-order chi connectivity index (χ0) is 19.9. The van der Waals surface area contributed by atoms with Crippen molar-refractivity contribution in [3.05, 3.63) is 65.5 Å². The predicted molar refractivity (Wildman–Crippen MR) is 107 cm³/mol. The summed E-state index contributed by atoms with van der Waals surface area (Å²) >= 11 is 0. The lowest BCUT2D eigenvalue weighted by Gasteiger charge is -2.22. The average Bonchev–Trinajstić information content (AvgIpc) is 2.90. The molecule has 0 aliphatic carbocycles. The molecule has 0 aromatic heterocycles. The number of carbonyl (C=O) groups excluding carboxylic acids is 2. The second-order valence-corrected chi connectivity index (χ2v) is 7.19. The fourth-order valence-corrected chi connectivity index (χ4v) is 3.42. The molecule has 0 bridgehead atoms. The molecule has 2 amide bonds. The van der Waals surface area contributed by atoms with Crippen molar-refractivity contribution in [1.29, 1.82) is 0 Å². The lowest BCUT2D eigenvalue weighted by Crippen LogP contribution is -2.36. The Labute approximate surface area is 165 Å². The Morgan fingerprint density at radius 1 is 0.929 bits per heavy atom. The van der Waals surface area contributed by atoms with Gasteiger partial charge in [0, 0.05) is 45.3 Å². The van der Waals surface area contributed by atoms with Gasteiger partial charge in [-0.2, -0.15) is 0 Å². The Hall–Kier alpha value is -2.73. The Morgan fingerprint density at radius 3 is 2.29 bits per heavy atom. The van der Waals surface area contributed by atoms with E-state index < -0.39 is 0 Å². The highest BCUT2D eigenvalue weighted by molar-refractivity contribution is 5.88. The minimum absolute atomic E-state index is 0.112. The molecule has 1 heterocycles. The summed E-state index contributed by atoms with van der Waals surface area (Å²) in [6, 6.07) is 14.0. The van der Waals surface area contributed by atoms with Crippen LogP contribution in [0.4, 0.5) is 10.1 Å². The van der Waals surface area contributed by atoms with E-state index in [1.54, 1.807) is 0 Å². The lowest BCUT2D eigenvalue weighted by atomic mass is 10.1. The van der Waals surface area contributed by atoms with Gasteiger partial charge in [0.15, 0.2) is 0 Å². The van der Waals surface area contributed by atoms with Crippen molar-refractivity contribution in [1.82, 2.24) is 9.80 Å². The van der Waals surface area contributed by atoms with Gasteiger partial charge in [-0.05, 0) is 41.8 Å². The quantitative estimate of drug-likeness (QED) is 0.863. The van der Waals surface area contributed by atoms with Crippen LogP contribution in [-0.2, 0) is 22.6 Å². The van der Waals surface area contributed by atoms with Gasteiger partial charge in [0.2, 0.25) is 11.8 Å². The number of rotatable bonds is 5. The highest BCUT2D eigenvalue weighted by atomic mass is 19.1. The standard InChI is InChI=1S/C22H26FN3O2/c1-17(27)24-21-9-5-18(6-10-21)15-22(28)26-12-2-11-25(13-14-26)16-19-3-7-20(23)8-4-19/h3-10H,2,11-16H2,1H3,(H,24,27). The summed E-state index contributed by atoms with van der Waals surface area (Å²) in [5.41, 5.74) is 2.75. The van der Waals surface area contributed by atoms with Crippen LogP contribution in [0.1, 0.15) is 24.5 Å². The van der Waals surface area contributed by atoms with Gasteiger partial charge in [0.1, 0.15) is 5.82 Å². The number of hydrogen-bond donors (Lipinski definition) is 1. The van der Waals surface area contributed by atoms with E-state index in [-0.39, 0.29) is 17.6 Å². The highest BCUT2D eigenvalue weighted by Crippen LogP contribution is 2.13. The van der Waals surface area contributed by atoms with Crippen molar-refractivity contribution < 1.29 is 14.0 Å². The zero-order valence-corrected chi connectivity index (χ0v) is 16.2. The van der Waals surface area contributed by atoms with E-state index in [0.29, 0.717) is 13.0 Å². The fraction of sp³-hybridized carbons (Fsp3) is 0.364. The Kier molecular flexibility index (Phi) is 6.76. The number of nitrogens with zero attached hydrogens (tertiary/aromatic N) is 2. The average molecular weight is 383 g/mol. The normalized spacial score (nSPS) is 15.1. The van der Waals surface area contributed by atoms with Crippen LogP contribution in [0.25, 0.3) is 0 Å². The largest absolute Gasteiger partial charge is 0.341 e. The van der Waals surface area contributed by atoms with E-state index in [0.717, 1.165) is 49.4 Å². The van der Waals surface area contributed by atoms with E-state index in [2.05, 4.69) is 10.2 Å². The summed E-state index contributed by atoms with van der Waals surface area (Å²) in [6.45, 7) is 5.42. The third-order valence-electron chi connectivity index (χ3n) is 4.89. The first-order valence-corrected chi connectivity index (χ1v) is 9.61. The van der Waals surface area contributed by atoms with Crippen LogP contribution < -0.4 is 5.32 Å². The van der Waals surface area contributed by atoms with Crippen LogP contribution in [0.5, 0.6) is 0 Å². The first-order chi connectivity index (χ1) is 13.5. The fourth-order valence-electron chi connectivity index (χ4n) is 3.42. The zero-order valence-electron chi connectivity index (χ0n) is 16.2. The number of hydrogen-bond acceptors (Lipinski definition) is 3. The van der Waals surface area contributed by atoms with Gasteiger partial charge in [0.05, 0.1) is 6.42 Å². The molecule has 1 fully saturated rings. The maximum absolute atomic E-state index is 13.1. The van der Waals surface area contributed by atoms with E-state index in [9.17, 15) is 14.0 Å². The molecule has 0 unspecified atom stereocenters. The summed E-state index contributed by atoms with van der Waals surface area (Å²) in [6.07, 6.45) is 1.28. The second-order valence-electron chi connectivity index (χ2n) is 7.19. The lowest BCUT2D eigenvalue weighted by molar-refractivity contribution is -0.130. The molecule has 6 heteroatoms. The molecule has 2 aromatic rings. The van der Waals surface area contributed by atoms with Crippen LogP contribution in [0.2, 0.25) is 0 Å². The van der Waals surface area contributed by atoms with Crippen LogP contribution in [0, 0.1) is 5.82 Å². The third kappa shape index (κ3) is 5.89. The van der Waals surface area contributed by atoms with Crippen molar-refractivity contribution in [2.24, 2.45) is 0 Å². The molecule has 1 aliphatic heterocycles. The number of halogens is 1. The first kappa shape index (κ1) is 20.0. The van der Waals surface area contributed by atoms with E-state index in [1.807, 2.05) is 41.3 Å². The van der Waals surface area contributed by atoms with Crippen LogP contribution in [-0.4, -0.2) is 47.8 Å². The summed E-state index contributed by atoms with van der Waals surface area (Å²) in [5.74, 6) is -0.212. The number of anilines is 1. The summed E-state index contributed by atoms with van der Waals surface area (Å²) < 4.78 is 13.1. The molecule has 2 aromatic carbocycles. The molecule has 1 N–H and O–H groups in total. The Morgan fingerprint density at radius 2 is 1.61 bits per heavy atom. The third-order valence-corrected chi connectivity index (χ3v) is 4.89. The van der Waals surface area contributed by atoms with Crippen LogP contribution in [0.15, 0.2) is 48.5 Å². The van der Waals surface area contributed by atoms with Crippen molar-refractivity contribution in [3.8, 4) is 0 Å². The Balaban J connectivity index is 1.51. The monoisotopic (exact) mass is 383 g/mol. The van der Waals surface area contributed by atoms with Gasteiger partial charge in [-0.25, -0.2) is 4.39 Å². The number of carbonyl (C=O) groups is 2. The van der Waals surface area contributed by atoms with Crippen molar-refractivity contribution in [3.63, 3.8) is 0 Å². The molecule has 1 saturated heterocycles. The second kappa shape index (κ2) is 9.46. The summed E-state index contributed by atoms with van der Waals surface area (Å²) in [7, 11) is 0. The molecule has 3 rings (SSSR count). The van der Waals surface area contributed by atoms with Crippen molar-refractivity contribution in [2.45, 2.75) is 26.3 Å². The van der Waals surface area contributed by atoms with Gasteiger partial charge < -0.3 is 10.2 Å². The first-order valence-electron chi connectivity index (χ1n) is 9.61. The molecule has 0 saturated carbocycles. The minimum atomic E-state index is -0.221. The molecule has 0 radical (unpaired) electrons. The highest BCUT2D eigenvalue weighted by Gasteiger charge is 2.19. The van der Waals surface area contributed by atoms with Gasteiger partial charge in [-0.1, -0.05) is 24.3 Å². The SMILES string of the molecule is CC(=O)Nc1ccc(CC(=O)N2CCCN(Cc3ccc(F)cc3)CC2)cc1. The molecule has 148 valence electrons.